The van der Waals surface area contributed by atoms with Gasteiger partial charge in [-0.15, -0.1) is 0 Å². The first kappa shape index (κ1) is 18.0. The Labute approximate surface area is 174 Å². The van der Waals surface area contributed by atoms with Gasteiger partial charge in [0.05, 0.1) is 15.9 Å². The van der Waals surface area contributed by atoms with Crippen LogP contribution in [0, 0.1) is 6.92 Å². The SMILES string of the molecule is Cc1cccc2sc(NCCc3ccc(N=C4SC[C@@H]5CCCN45)cc3)nc12. The van der Waals surface area contributed by atoms with Crippen LogP contribution < -0.4 is 5.32 Å². The summed E-state index contributed by atoms with van der Waals surface area (Å²) in [5.74, 6) is 1.20. The number of fused-ring (bicyclic) bond motifs is 2. The van der Waals surface area contributed by atoms with Crippen molar-refractivity contribution in [2.45, 2.75) is 32.2 Å². The van der Waals surface area contributed by atoms with Crippen LogP contribution >= 0.6 is 23.1 Å². The zero-order valence-electron chi connectivity index (χ0n) is 16.0. The Morgan fingerprint density at radius 1 is 1.21 bits per heavy atom. The molecule has 0 unspecified atom stereocenters. The molecule has 3 aromatic rings. The monoisotopic (exact) mass is 408 g/mol. The molecule has 2 aromatic carbocycles. The van der Waals surface area contributed by atoms with Gasteiger partial charge in [-0.3, -0.25) is 0 Å². The smallest absolute Gasteiger partial charge is 0.183 e. The van der Waals surface area contributed by atoms with Crippen LogP contribution in [0.5, 0.6) is 0 Å². The number of aromatic nitrogens is 1. The van der Waals surface area contributed by atoms with Gasteiger partial charge in [0, 0.05) is 24.9 Å². The predicted octanol–water partition coefficient (Wildman–Crippen LogP) is 5.46. The maximum absolute atomic E-state index is 4.88. The van der Waals surface area contributed by atoms with E-state index in [9.17, 15) is 0 Å². The van der Waals surface area contributed by atoms with Gasteiger partial charge in [0.2, 0.25) is 0 Å². The first-order valence-corrected chi connectivity index (χ1v) is 11.7. The van der Waals surface area contributed by atoms with Crippen LogP contribution in [0.15, 0.2) is 47.5 Å². The Morgan fingerprint density at radius 3 is 2.96 bits per heavy atom. The van der Waals surface area contributed by atoms with Crippen molar-refractivity contribution in [2.75, 3.05) is 24.2 Å². The first-order chi connectivity index (χ1) is 13.8. The molecule has 4 nitrogen and oxygen atoms in total. The average Bonchev–Trinajstić information content (AvgIpc) is 3.41. The van der Waals surface area contributed by atoms with E-state index in [0.29, 0.717) is 0 Å². The molecule has 2 aliphatic heterocycles. The van der Waals surface area contributed by atoms with E-state index in [0.717, 1.165) is 35.3 Å². The molecule has 0 bridgehead atoms. The number of thioether (sulfide) groups is 1. The molecule has 1 N–H and O–H groups in total. The van der Waals surface area contributed by atoms with Gasteiger partial charge in [-0.2, -0.15) is 0 Å². The van der Waals surface area contributed by atoms with Gasteiger partial charge >= 0.3 is 0 Å². The Bertz CT molecular complexity index is 1010. The molecule has 2 saturated heterocycles. The van der Waals surface area contributed by atoms with E-state index in [1.165, 1.54) is 46.1 Å². The predicted molar refractivity (Wildman–Crippen MR) is 122 cm³/mol. The van der Waals surface area contributed by atoms with Crippen LogP contribution in [-0.4, -0.2) is 39.9 Å². The Hall–Kier alpha value is -2.05. The van der Waals surface area contributed by atoms with Crippen molar-refractivity contribution < 1.29 is 0 Å². The molecule has 0 amide bonds. The number of rotatable bonds is 5. The summed E-state index contributed by atoms with van der Waals surface area (Å²) in [5, 5.41) is 5.69. The number of aliphatic imine (C=N–C) groups is 1. The number of anilines is 1. The molecule has 1 atom stereocenters. The Kier molecular flexibility index (Phi) is 4.99. The molecule has 1 aromatic heterocycles. The van der Waals surface area contributed by atoms with Crippen LogP contribution in [0.1, 0.15) is 24.0 Å². The van der Waals surface area contributed by atoms with Crippen LogP contribution in [0.2, 0.25) is 0 Å². The van der Waals surface area contributed by atoms with Crippen LogP contribution in [-0.2, 0) is 6.42 Å². The van der Waals surface area contributed by atoms with E-state index in [2.05, 4.69) is 59.6 Å². The lowest BCUT2D eigenvalue weighted by Gasteiger charge is -2.16. The highest BCUT2D eigenvalue weighted by Crippen LogP contribution is 2.33. The molecule has 28 heavy (non-hydrogen) atoms. The third-order valence-electron chi connectivity index (χ3n) is 5.50. The molecule has 2 aliphatic rings. The number of nitrogens with one attached hydrogen (secondary N) is 1. The van der Waals surface area contributed by atoms with Crippen LogP contribution in [0.3, 0.4) is 0 Å². The molecule has 0 spiro atoms. The van der Waals surface area contributed by atoms with Crippen LogP contribution in [0.4, 0.5) is 10.8 Å². The minimum atomic E-state index is 0.723. The minimum Gasteiger partial charge on any atom is -0.361 e. The van der Waals surface area contributed by atoms with Gasteiger partial charge in [0.1, 0.15) is 0 Å². The first-order valence-electron chi connectivity index (χ1n) is 9.93. The fraction of sp³-hybridized carbons (Fsp3) is 0.364. The van der Waals surface area contributed by atoms with Gasteiger partial charge in [0.15, 0.2) is 10.3 Å². The summed E-state index contributed by atoms with van der Waals surface area (Å²) in [6, 6.07) is 15.8. The maximum Gasteiger partial charge on any atom is 0.183 e. The molecule has 144 valence electrons. The third kappa shape index (κ3) is 3.63. The Morgan fingerprint density at radius 2 is 2.11 bits per heavy atom. The summed E-state index contributed by atoms with van der Waals surface area (Å²) < 4.78 is 1.25. The van der Waals surface area contributed by atoms with Gasteiger partial charge in [-0.25, -0.2) is 9.98 Å². The van der Waals surface area contributed by atoms with E-state index in [1.807, 2.05) is 11.8 Å². The van der Waals surface area contributed by atoms with Crippen molar-refractivity contribution >= 4 is 49.3 Å². The van der Waals surface area contributed by atoms with Crippen molar-refractivity contribution in [3.63, 3.8) is 0 Å². The van der Waals surface area contributed by atoms with Crippen molar-refractivity contribution in [1.82, 2.24) is 9.88 Å². The number of nitrogens with zero attached hydrogens (tertiary/aromatic N) is 3. The van der Waals surface area contributed by atoms with Crippen molar-refractivity contribution in [3.8, 4) is 0 Å². The Balaban J connectivity index is 1.19. The number of hydrogen-bond acceptors (Lipinski definition) is 5. The highest BCUT2D eigenvalue weighted by molar-refractivity contribution is 8.14. The summed E-state index contributed by atoms with van der Waals surface area (Å²) in [4.78, 5) is 12.1. The normalized spacial score (nSPS) is 20.2. The second kappa shape index (κ2) is 7.76. The molecular weight excluding hydrogens is 384 g/mol. The van der Waals surface area contributed by atoms with E-state index < -0.39 is 0 Å². The van der Waals surface area contributed by atoms with E-state index in [-0.39, 0.29) is 0 Å². The lowest BCUT2D eigenvalue weighted by atomic mass is 10.1. The molecule has 0 saturated carbocycles. The molecule has 2 fully saturated rings. The van der Waals surface area contributed by atoms with Gasteiger partial charge in [0.25, 0.3) is 0 Å². The number of aryl methyl sites for hydroxylation is 1. The largest absolute Gasteiger partial charge is 0.361 e. The summed E-state index contributed by atoms with van der Waals surface area (Å²) in [6.45, 7) is 4.17. The van der Waals surface area contributed by atoms with Crippen molar-refractivity contribution in [1.29, 1.82) is 0 Å². The summed E-state index contributed by atoms with van der Waals surface area (Å²) in [7, 11) is 0. The number of para-hydroxylation sites is 1. The second-order valence-electron chi connectivity index (χ2n) is 7.48. The van der Waals surface area contributed by atoms with E-state index in [4.69, 9.17) is 9.98 Å². The fourth-order valence-corrected chi connectivity index (χ4v) is 6.17. The molecule has 0 radical (unpaired) electrons. The van der Waals surface area contributed by atoms with Crippen molar-refractivity contribution in [2.24, 2.45) is 4.99 Å². The zero-order chi connectivity index (χ0) is 18.9. The molecule has 0 aliphatic carbocycles. The summed E-state index contributed by atoms with van der Waals surface area (Å²) in [5.41, 5.74) is 4.74. The number of thiazole rings is 1. The minimum absolute atomic E-state index is 0.723. The van der Waals surface area contributed by atoms with Crippen molar-refractivity contribution in [3.05, 3.63) is 53.6 Å². The van der Waals surface area contributed by atoms with E-state index in [1.54, 1.807) is 11.3 Å². The molecule has 3 heterocycles. The van der Waals surface area contributed by atoms with E-state index >= 15 is 0 Å². The highest BCUT2D eigenvalue weighted by Gasteiger charge is 2.33. The number of amidine groups is 1. The lowest BCUT2D eigenvalue weighted by molar-refractivity contribution is 0.440. The second-order valence-corrected chi connectivity index (χ2v) is 9.50. The highest BCUT2D eigenvalue weighted by atomic mass is 32.2. The standard InChI is InChI=1S/C22H24N4S2/c1-15-4-2-6-19-20(15)25-21(28-19)23-12-11-16-7-9-17(10-8-16)24-22-26-13-3-5-18(26)14-27-22/h2,4,6-10,18H,3,5,11-14H2,1H3,(H,23,25)/t18-/m0/s1. The molecular formula is C22H24N4S2. The summed E-state index contributed by atoms with van der Waals surface area (Å²) >= 11 is 3.63. The topological polar surface area (TPSA) is 40.5 Å². The van der Waals surface area contributed by atoms with Gasteiger partial charge in [-0.05, 0) is 55.5 Å². The van der Waals surface area contributed by atoms with Crippen LogP contribution in [0.25, 0.3) is 10.2 Å². The van der Waals surface area contributed by atoms with Gasteiger partial charge < -0.3 is 10.2 Å². The zero-order valence-corrected chi connectivity index (χ0v) is 17.7. The maximum atomic E-state index is 4.88. The number of hydrogen-bond donors (Lipinski definition) is 1. The quantitative estimate of drug-likeness (QED) is 0.609. The lowest BCUT2D eigenvalue weighted by Crippen LogP contribution is -2.27. The van der Waals surface area contributed by atoms with Gasteiger partial charge in [-0.1, -0.05) is 47.4 Å². The number of benzene rings is 2. The third-order valence-corrected chi connectivity index (χ3v) is 7.61. The molecule has 6 heteroatoms. The average molecular weight is 409 g/mol. The molecule has 5 rings (SSSR count). The fourth-order valence-electron chi connectivity index (χ4n) is 3.93. The summed E-state index contributed by atoms with van der Waals surface area (Å²) in [6.07, 6.45) is 3.62.